The lowest BCUT2D eigenvalue weighted by Crippen LogP contribution is -2.55. The van der Waals surface area contributed by atoms with E-state index < -0.39 is 0 Å². The van der Waals surface area contributed by atoms with Crippen LogP contribution in [-0.4, -0.2) is 28.3 Å². The van der Waals surface area contributed by atoms with Gasteiger partial charge in [-0.1, -0.05) is 51.4 Å². The third kappa shape index (κ3) is 2.96. The lowest BCUT2D eigenvalue weighted by Gasteiger charge is -2.57. The third-order valence-corrected chi connectivity index (χ3v) is 8.19. The average molecular weight is 331 g/mol. The Morgan fingerprint density at radius 2 is 1.08 bits per heavy atom. The maximum absolute atomic E-state index is 2.98. The van der Waals surface area contributed by atoms with E-state index in [1.807, 2.05) is 0 Å². The van der Waals surface area contributed by atoms with Crippen LogP contribution in [0.15, 0.2) is 0 Å². The monoisotopic (exact) mass is 330 g/mol. The summed E-state index contributed by atoms with van der Waals surface area (Å²) in [5.74, 6) is 3.26. The Kier molecular flexibility index (Phi) is 4.42. The van der Waals surface area contributed by atoms with Gasteiger partial charge in [0.1, 0.15) is 0 Å². The lowest BCUT2D eigenvalue weighted by molar-refractivity contribution is -0.0736. The zero-order valence-corrected chi connectivity index (χ0v) is 15.7. The molecule has 0 aromatic heterocycles. The molecule has 6 fully saturated rings. The Balaban J connectivity index is 1.27. The predicted octanol–water partition coefficient (Wildman–Crippen LogP) is 5.73. The number of nitrogens with zero attached hydrogens (tertiary/aromatic N) is 2. The molecule has 0 radical (unpaired) electrons. The second-order valence-electron chi connectivity index (χ2n) is 10.1. The zero-order chi connectivity index (χ0) is 16.0. The van der Waals surface area contributed by atoms with Gasteiger partial charge < -0.3 is 0 Å². The van der Waals surface area contributed by atoms with E-state index in [0.717, 1.165) is 23.9 Å². The Labute approximate surface area is 149 Å². The molecule has 0 N–H and O–H groups in total. The molecule has 136 valence electrons. The average Bonchev–Trinajstić information content (AvgIpc) is 3.24. The number of hydrogen-bond donors (Lipinski definition) is 0. The van der Waals surface area contributed by atoms with Crippen molar-refractivity contribution in [2.24, 2.45) is 17.8 Å². The molecule has 4 saturated carbocycles. The molecule has 2 heteroatoms. The van der Waals surface area contributed by atoms with Crippen molar-refractivity contribution in [3.8, 4) is 0 Å². The summed E-state index contributed by atoms with van der Waals surface area (Å²) < 4.78 is 0. The van der Waals surface area contributed by atoms with E-state index in [-0.39, 0.29) is 0 Å². The second-order valence-corrected chi connectivity index (χ2v) is 10.1. The molecule has 0 aromatic carbocycles. The molecule has 2 heterocycles. The van der Waals surface area contributed by atoms with Gasteiger partial charge in [-0.2, -0.15) is 0 Å². The van der Waals surface area contributed by atoms with E-state index in [0.29, 0.717) is 5.54 Å². The number of hydrogen-bond acceptors (Lipinski definition) is 2. The highest BCUT2D eigenvalue weighted by Crippen LogP contribution is 2.61. The SMILES string of the molecule is C1CCCCCC2N(CCCCC1)N2C12CC3CC(CC(C3)C1)C2. The van der Waals surface area contributed by atoms with Crippen LogP contribution in [0.25, 0.3) is 0 Å². The molecule has 3 atom stereocenters. The molecule has 6 rings (SSSR count). The molecule has 0 spiro atoms. The maximum Gasteiger partial charge on any atom is 0.0901 e. The topological polar surface area (TPSA) is 6.02 Å². The largest absolute Gasteiger partial charge is 0.221 e. The van der Waals surface area contributed by atoms with Crippen molar-refractivity contribution in [2.45, 2.75) is 114 Å². The molecule has 0 aromatic rings. The van der Waals surface area contributed by atoms with Crippen LogP contribution < -0.4 is 0 Å². The molecule has 24 heavy (non-hydrogen) atoms. The van der Waals surface area contributed by atoms with Crippen LogP contribution in [0.2, 0.25) is 0 Å². The minimum absolute atomic E-state index is 0.622. The van der Waals surface area contributed by atoms with Crippen LogP contribution in [0.1, 0.15) is 103 Å². The highest BCUT2D eigenvalue weighted by Gasteiger charge is 2.62. The van der Waals surface area contributed by atoms with Gasteiger partial charge >= 0.3 is 0 Å². The van der Waals surface area contributed by atoms with Crippen molar-refractivity contribution in [3.63, 3.8) is 0 Å². The van der Waals surface area contributed by atoms with Crippen LogP contribution in [0.4, 0.5) is 0 Å². The quantitative estimate of drug-likeness (QED) is 0.566. The van der Waals surface area contributed by atoms with Crippen LogP contribution in [0.3, 0.4) is 0 Å². The van der Waals surface area contributed by atoms with Crippen molar-refractivity contribution < 1.29 is 0 Å². The Morgan fingerprint density at radius 1 is 0.583 bits per heavy atom. The summed E-state index contributed by atoms with van der Waals surface area (Å²) >= 11 is 0. The molecule has 0 amide bonds. The van der Waals surface area contributed by atoms with E-state index in [9.17, 15) is 0 Å². The van der Waals surface area contributed by atoms with Crippen molar-refractivity contribution in [1.29, 1.82) is 0 Å². The van der Waals surface area contributed by atoms with Crippen molar-refractivity contribution in [1.82, 2.24) is 10.0 Å². The van der Waals surface area contributed by atoms with Gasteiger partial charge in [0.2, 0.25) is 0 Å². The van der Waals surface area contributed by atoms with Crippen LogP contribution >= 0.6 is 0 Å². The summed E-state index contributed by atoms with van der Waals surface area (Å²) in [6, 6.07) is 0. The highest BCUT2D eigenvalue weighted by atomic mass is 15.9. The fourth-order valence-electron chi connectivity index (χ4n) is 7.55. The van der Waals surface area contributed by atoms with Crippen molar-refractivity contribution in [3.05, 3.63) is 0 Å². The minimum atomic E-state index is 0.622. The van der Waals surface area contributed by atoms with E-state index in [4.69, 9.17) is 0 Å². The second kappa shape index (κ2) is 6.58. The lowest BCUT2D eigenvalue weighted by atomic mass is 9.53. The number of fused-ring (bicyclic) bond motifs is 1. The molecule has 3 unspecified atom stereocenters. The predicted molar refractivity (Wildman–Crippen MR) is 99.4 cm³/mol. The summed E-state index contributed by atoms with van der Waals surface area (Å²) in [5, 5.41) is 5.83. The summed E-state index contributed by atoms with van der Waals surface area (Å²) in [5.41, 5.74) is 0.622. The molecule has 4 bridgehead atoms. The molecule has 2 saturated heterocycles. The van der Waals surface area contributed by atoms with Gasteiger partial charge in [-0.05, 0) is 69.1 Å². The summed E-state index contributed by atoms with van der Waals surface area (Å²) in [7, 11) is 0. The molecular weight excluding hydrogens is 292 g/mol. The summed E-state index contributed by atoms with van der Waals surface area (Å²) in [4.78, 5) is 0. The standard InChI is InChI=1S/C22H38N2/c1-2-4-6-8-10-21-23(11-9-7-5-3-1)24(21)22-15-18-12-19(16-22)14-20(13-18)17-22/h18-21H,1-17H2. The fraction of sp³-hybridized carbons (Fsp3) is 1.00. The van der Waals surface area contributed by atoms with E-state index in [1.165, 1.54) is 70.8 Å². The van der Waals surface area contributed by atoms with Crippen LogP contribution in [0.5, 0.6) is 0 Å². The molecule has 4 aliphatic carbocycles. The number of rotatable bonds is 1. The molecule has 2 aliphatic heterocycles. The first-order chi connectivity index (χ1) is 11.8. The molecular formula is C22H38N2. The van der Waals surface area contributed by atoms with E-state index in [2.05, 4.69) is 10.0 Å². The smallest absolute Gasteiger partial charge is 0.0901 e. The molecule has 6 aliphatic rings. The third-order valence-electron chi connectivity index (χ3n) is 8.19. The van der Waals surface area contributed by atoms with Gasteiger partial charge in [-0.3, -0.25) is 0 Å². The highest BCUT2D eigenvalue weighted by molar-refractivity contribution is 5.11. The van der Waals surface area contributed by atoms with Gasteiger partial charge in [-0.25, -0.2) is 10.0 Å². The first-order valence-corrected chi connectivity index (χ1v) is 11.4. The van der Waals surface area contributed by atoms with Crippen LogP contribution in [-0.2, 0) is 0 Å². The zero-order valence-electron chi connectivity index (χ0n) is 15.7. The minimum Gasteiger partial charge on any atom is -0.221 e. The maximum atomic E-state index is 2.98. The van der Waals surface area contributed by atoms with Gasteiger partial charge in [0.05, 0.1) is 6.17 Å². The van der Waals surface area contributed by atoms with Gasteiger partial charge in [0.25, 0.3) is 0 Å². The summed E-state index contributed by atoms with van der Waals surface area (Å²) in [6.07, 6.45) is 25.0. The van der Waals surface area contributed by atoms with Crippen molar-refractivity contribution in [2.75, 3.05) is 6.54 Å². The Morgan fingerprint density at radius 3 is 1.67 bits per heavy atom. The van der Waals surface area contributed by atoms with Crippen molar-refractivity contribution >= 4 is 0 Å². The molecule has 2 nitrogen and oxygen atoms in total. The Hall–Kier alpha value is -0.0800. The van der Waals surface area contributed by atoms with E-state index >= 15 is 0 Å². The first-order valence-electron chi connectivity index (χ1n) is 11.4. The van der Waals surface area contributed by atoms with Gasteiger partial charge in [-0.15, -0.1) is 0 Å². The summed E-state index contributed by atoms with van der Waals surface area (Å²) in [6.45, 7) is 1.37. The first kappa shape index (κ1) is 16.1. The normalized spacial score (nSPS) is 52.0. The number of hydrazine groups is 1. The fourth-order valence-corrected chi connectivity index (χ4v) is 7.55. The van der Waals surface area contributed by atoms with Gasteiger partial charge in [0, 0.05) is 12.1 Å². The van der Waals surface area contributed by atoms with E-state index in [1.54, 1.807) is 38.5 Å². The van der Waals surface area contributed by atoms with Crippen LogP contribution in [0, 0.1) is 17.8 Å². The van der Waals surface area contributed by atoms with Gasteiger partial charge in [0.15, 0.2) is 0 Å². The Bertz CT molecular complexity index is 392.